The zero-order valence-electron chi connectivity index (χ0n) is 10.2. The summed E-state index contributed by atoms with van der Waals surface area (Å²) in [5.41, 5.74) is 5.39. The maximum absolute atomic E-state index is 12.0. The van der Waals surface area contributed by atoms with Crippen LogP contribution in [0.1, 0.15) is 13.8 Å². The number of primary amides is 1. The normalized spacial score (nSPS) is 13.0. The first kappa shape index (κ1) is 14.4. The Bertz CT molecular complexity index is 530. The number of aromatic nitrogens is 1. The van der Waals surface area contributed by atoms with Crippen LogP contribution in [0.3, 0.4) is 0 Å². The molecule has 18 heavy (non-hydrogen) atoms. The fourth-order valence-electron chi connectivity index (χ4n) is 1.28. The second-order valence-corrected chi connectivity index (χ2v) is 5.26. The van der Waals surface area contributed by atoms with Crippen LogP contribution < -0.4 is 15.8 Å². The molecule has 0 aliphatic rings. The third kappa shape index (κ3) is 3.41. The topological polar surface area (TPSA) is 114 Å². The molecule has 1 rings (SSSR count). The van der Waals surface area contributed by atoms with Gasteiger partial charge in [0.15, 0.2) is 5.03 Å². The monoisotopic (exact) mass is 272 g/mol. The highest BCUT2D eigenvalue weighted by Gasteiger charge is 2.24. The van der Waals surface area contributed by atoms with Crippen molar-refractivity contribution in [2.24, 2.45) is 5.73 Å². The molecule has 1 aromatic rings. The van der Waals surface area contributed by atoms with Crippen LogP contribution in [0, 0.1) is 0 Å². The quantitative estimate of drug-likeness (QED) is 0.656. The number of anilines is 1. The van der Waals surface area contributed by atoms with Crippen LogP contribution in [-0.2, 0) is 14.8 Å². The molecule has 1 unspecified atom stereocenters. The van der Waals surface area contributed by atoms with Gasteiger partial charge < -0.3 is 11.1 Å². The summed E-state index contributed by atoms with van der Waals surface area (Å²) in [5.74, 6) is -0.750. The second kappa shape index (κ2) is 5.78. The van der Waals surface area contributed by atoms with Gasteiger partial charge >= 0.3 is 0 Å². The Morgan fingerprint density at radius 2 is 2.22 bits per heavy atom. The van der Waals surface area contributed by atoms with Crippen LogP contribution in [0.2, 0.25) is 0 Å². The van der Waals surface area contributed by atoms with Crippen LogP contribution in [0.15, 0.2) is 23.4 Å². The molecular formula is C10H16N4O3S. The summed E-state index contributed by atoms with van der Waals surface area (Å²) in [4.78, 5) is 14.7. The van der Waals surface area contributed by atoms with Gasteiger partial charge in [0, 0.05) is 12.7 Å². The minimum absolute atomic E-state index is 0.153. The Balaban J connectivity index is 3.08. The van der Waals surface area contributed by atoms with Gasteiger partial charge in [0.2, 0.25) is 5.91 Å². The molecule has 7 nitrogen and oxygen atoms in total. The van der Waals surface area contributed by atoms with Crippen molar-refractivity contribution in [2.45, 2.75) is 24.9 Å². The minimum atomic E-state index is -3.88. The Hall–Kier alpha value is -1.67. The zero-order chi connectivity index (χ0) is 13.8. The smallest absolute Gasteiger partial charge is 0.260 e. The molecule has 0 bridgehead atoms. The molecule has 1 atom stereocenters. The number of nitrogens with one attached hydrogen (secondary N) is 2. The molecule has 1 heterocycles. The van der Waals surface area contributed by atoms with Crippen molar-refractivity contribution in [2.75, 3.05) is 11.9 Å². The summed E-state index contributed by atoms with van der Waals surface area (Å²) in [5, 5.41) is 2.73. The lowest BCUT2D eigenvalue weighted by Crippen LogP contribution is -2.42. The number of hydrogen-bond donors (Lipinski definition) is 3. The lowest BCUT2D eigenvalue weighted by molar-refractivity contribution is -0.119. The van der Waals surface area contributed by atoms with E-state index in [0.29, 0.717) is 12.2 Å². The molecule has 0 saturated heterocycles. The largest absolute Gasteiger partial charge is 0.383 e. The van der Waals surface area contributed by atoms with Crippen LogP contribution in [-0.4, -0.2) is 31.9 Å². The number of rotatable bonds is 6. The molecule has 1 amide bonds. The van der Waals surface area contributed by atoms with Gasteiger partial charge in [-0.2, -0.15) is 4.72 Å². The number of amides is 1. The molecule has 0 radical (unpaired) electrons. The maximum Gasteiger partial charge on any atom is 0.260 e. The van der Waals surface area contributed by atoms with Crippen molar-refractivity contribution in [3.63, 3.8) is 0 Å². The lowest BCUT2D eigenvalue weighted by atomic mass is 10.4. The van der Waals surface area contributed by atoms with E-state index in [1.807, 2.05) is 6.92 Å². The first-order valence-corrected chi connectivity index (χ1v) is 6.87. The van der Waals surface area contributed by atoms with Gasteiger partial charge in [0.1, 0.15) is 0 Å². The van der Waals surface area contributed by atoms with E-state index >= 15 is 0 Å². The van der Waals surface area contributed by atoms with E-state index in [-0.39, 0.29) is 5.03 Å². The molecule has 100 valence electrons. The van der Waals surface area contributed by atoms with Crippen molar-refractivity contribution in [1.82, 2.24) is 9.71 Å². The van der Waals surface area contributed by atoms with Crippen molar-refractivity contribution in [1.29, 1.82) is 0 Å². The van der Waals surface area contributed by atoms with Gasteiger partial charge in [-0.1, -0.05) is 0 Å². The van der Waals surface area contributed by atoms with Crippen LogP contribution in [0.5, 0.6) is 0 Å². The standard InChI is InChI=1S/C10H16N4O3S/c1-3-12-8-5-4-6-13-10(8)18(16,17)14-7(2)9(11)15/h4-7,12,14H,3H2,1-2H3,(H2,11,15). The number of nitrogens with zero attached hydrogens (tertiary/aromatic N) is 1. The maximum atomic E-state index is 12.0. The minimum Gasteiger partial charge on any atom is -0.383 e. The average Bonchev–Trinajstić information content (AvgIpc) is 2.29. The third-order valence-corrected chi connectivity index (χ3v) is 3.65. The van der Waals surface area contributed by atoms with Crippen molar-refractivity contribution < 1.29 is 13.2 Å². The lowest BCUT2D eigenvalue weighted by Gasteiger charge is -2.13. The molecule has 0 aliphatic carbocycles. The SMILES string of the molecule is CCNc1cccnc1S(=O)(=O)NC(C)C(N)=O. The number of sulfonamides is 1. The fourth-order valence-corrected chi connectivity index (χ4v) is 2.60. The molecule has 0 saturated carbocycles. The highest BCUT2D eigenvalue weighted by atomic mass is 32.2. The van der Waals surface area contributed by atoms with Gasteiger partial charge in [-0.15, -0.1) is 0 Å². The summed E-state index contributed by atoms with van der Waals surface area (Å²) >= 11 is 0. The van der Waals surface area contributed by atoms with E-state index in [4.69, 9.17) is 5.73 Å². The van der Waals surface area contributed by atoms with Crippen molar-refractivity contribution in [3.05, 3.63) is 18.3 Å². The number of pyridine rings is 1. The van der Waals surface area contributed by atoms with E-state index in [1.165, 1.54) is 13.1 Å². The van der Waals surface area contributed by atoms with Gasteiger partial charge in [-0.25, -0.2) is 13.4 Å². The molecular weight excluding hydrogens is 256 g/mol. The van der Waals surface area contributed by atoms with Gasteiger partial charge in [-0.05, 0) is 26.0 Å². The Labute approximate surface area is 106 Å². The summed E-state index contributed by atoms with van der Waals surface area (Å²) in [6, 6.07) is 2.22. The van der Waals surface area contributed by atoms with E-state index < -0.39 is 22.0 Å². The predicted molar refractivity (Wildman–Crippen MR) is 67.4 cm³/mol. The number of carbonyl (C=O) groups excluding carboxylic acids is 1. The molecule has 8 heteroatoms. The zero-order valence-corrected chi connectivity index (χ0v) is 11.0. The van der Waals surface area contributed by atoms with E-state index in [1.54, 1.807) is 12.1 Å². The average molecular weight is 272 g/mol. The van der Waals surface area contributed by atoms with Gasteiger partial charge in [0.25, 0.3) is 10.0 Å². The first-order chi connectivity index (χ1) is 8.38. The molecule has 0 spiro atoms. The fraction of sp³-hybridized carbons (Fsp3) is 0.400. The summed E-state index contributed by atoms with van der Waals surface area (Å²) in [6.45, 7) is 3.76. The van der Waals surface area contributed by atoms with Crippen molar-refractivity contribution >= 4 is 21.6 Å². The Kier molecular flexibility index (Phi) is 4.62. The predicted octanol–water partition coefficient (Wildman–Crippen LogP) is -0.334. The van der Waals surface area contributed by atoms with Crippen LogP contribution >= 0.6 is 0 Å². The second-order valence-electron chi connectivity index (χ2n) is 3.63. The van der Waals surface area contributed by atoms with E-state index in [9.17, 15) is 13.2 Å². The van der Waals surface area contributed by atoms with Crippen LogP contribution in [0.25, 0.3) is 0 Å². The molecule has 0 aliphatic heterocycles. The van der Waals surface area contributed by atoms with E-state index in [2.05, 4.69) is 15.0 Å². The van der Waals surface area contributed by atoms with E-state index in [0.717, 1.165) is 0 Å². The summed E-state index contributed by atoms with van der Waals surface area (Å²) < 4.78 is 26.2. The van der Waals surface area contributed by atoms with Gasteiger partial charge in [0.05, 0.1) is 11.7 Å². The number of hydrogen-bond acceptors (Lipinski definition) is 5. The number of nitrogens with two attached hydrogens (primary N) is 1. The van der Waals surface area contributed by atoms with Crippen molar-refractivity contribution in [3.8, 4) is 0 Å². The Morgan fingerprint density at radius 1 is 1.56 bits per heavy atom. The molecule has 4 N–H and O–H groups in total. The molecule has 1 aromatic heterocycles. The Morgan fingerprint density at radius 3 is 2.78 bits per heavy atom. The van der Waals surface area contributed by atoms with Gasteiger partial charge in [-0.3, -0.25) is 4.79 Å². The summed E-state index contributed by atoms with van der Waals surface area (Å²) in [7, 11) is -3.88. The number of carbonyl (C=O) groups is 1. The highest BCUT2D eigenvalue weighted by molar-refractivity contribution is 7.89. The highest BCUT2D eigenvalue weighted by Crippen LogP contribution is 2.17. The third-order valence-electron chi connectivity index (χ3n) is 2.15. The van der Waals surface area contributed by atoms with Crippen LogP contribution in [0.4, 0.5) is 5.69 Å². The molecule has 0 aromatic carbocycles. The molecule has 0 fully saturated rings. The first-order valence-electron chi connectivity index (χ1n) is 5.39. The summed E-state index contributed by atoms with van der Waals surface area (Å²) in [6.07, 6.45) is 1.37.